The molecule has 3 heteroatoms. The lowest BCUT2D eigenvalue weighted by atomic mass is 10.1. The molecule has 1 aromatic rings. The summed E-state index contributed by atoms with van der Waals surface area (Å²) < 4.78 is 6.52. The first-order valence-corrected chi connectivity index (χ1v) is 6.25. The number of benzene rings is 1. The van der Waals surface area contributed by atoms with Gasteiger partial charge in [-0.05, 0) is 66.0 Å². The molecule has 0 spiro atoms. The van der Waals surface area contributed by atoms with E-state index in [1.807, 2.05) is 13.0 Å². The number of aldehydes is 1. The van der Waals surface area contributed by atoms with Crippen LogP contribution in [0.3, 0.4) is 0 Å². The third-order valence-corrected chi connectivity index (χ3v) is 3.36. The third-order valence-electron chi connectivity index (χ3n) is 2.56. The molecule has 1 aromatic carbocycles. The minimum Gasteiger partial charge on any atom is -0.492 e. The van der Waals surface area contributed by atoms with Gasteiger partial charge in [0.15, 0.2) is 6.29 Å². The molecule has 0 heterocycles. The number of halogens is 1. The van der Waals surface area contributed by atoms with Crippen molar-refractivity contribution >= 4 is 28.9 Å². The largest absolute Gasteiger partial charge is 0.492 e. The molecule has 0 saturated heterocycles. The number of carbonyl (C=O) groups is 1. The standard InChI is InChI=1S/C12H13IO2/c1-2-15-12-10(7-14)5-9(6-11(12)13)8-3-4-8/h5-8H,2-4H2,1H3. The monoisotopic (exact) mass is 316 g/mol. The van der Waals surface area contributed by atoms with Crippen molar-refractivity contribution in [3.05, 3.63) is 26.8 Å². The van der Waals surface area contributed by atoms with E-state index in [0.29, 0.717) is 18.1 Å². The average Bonchev–Trinajstić information content (AvgIpc) is 3.04. The molecule has 2 nitrogen and oxygen atoms in total. The lowest BCUT2D eigenvalue weighted by molar-refractivity contribution is 0.111. The van der Waals surface area contributed by atoms with Gasteiger partial charge < -0.3 is 4.74 Å². The maximum atomic E-state index is 11.0. The van der Waals surface area contributed by atoms with Crippen molar-refractivity contribution in [3.8, 4) is 5.75 Å². The second-order valence-corrected chi connectivity index (χ2v) is 4.91. The Morgan fingerprint density at radius 1 is 1.53 bits per heavy atom. The van der Waals surface area contributed by atoms with Gasteiger partial charge in [0.25, 0.3) is 0 Å². The SMILES string of the molecule is CCOc1c(I)cc(C2CC2)cc1C=O. The Labute approximate surface area is 103 Å². The van der Waals surface area contributed by atoms with E-state index in [0.717, 1.165) is 15.6 Å². The molecule has 0 aliphatic heterocycles. The number of hydrogen-bond donors (Lipinski definition) is 0. The van der Waals surface area contributed by atoms with E-state index in [9.17, 15) is 4.79 Å². The molecule has 2 rings (SSSR count). The Morgan fingerprint density at radius 3 is 2.80 bits per heavy atom. The predicted octanol–water partition coefficient (Wildman–Crippen LogP) is 3.38. The van der Waals surface area contributed by atoms with E-state index in [-0.39, 0.29) is 0 Å². The third kappa shape index (κ3) is 2.33. The van der Waals surface area contributed by atoms with Crippen molar-refractivity contribution in [1.29, 1.82) is 0 Å². The van der Waals surface area contributed by atoms with Gasteiger partial charge in [-0.25, -0.2) is 0 Å². The Kier molecular flexibility index (Phi) is 3.29. The number of hydrogen-bond acceptors (Lipinski definition) is 2. The van der Waals surface area contributed by atoms with Gasteiger partial charge >= 0.3 is 0 Å². The van der Waals surface area contributed by atoms with Gasteiger partial charge in [-0.1, -0.05) is 0 Å². The highest BCUT2D eigenvalue weighted by Crippen LogP contribution is 2.42. The van der Waals surface area contributed by atoms with Gasteiger partial charge in [-0.3, -0.25) is 4.79 Å². The van der Waals surface area contributed by atoms with Gasteiger partial charge in [-0.15, -0.1) is 0 Å². The first kappa shape index (κ1) is 10.9. The molecule has 0 aromatic heterocycles. The summed E-state index contributed by atoms with van der Waals surface area (Å²) in [6, 6.07) is 4.11. The van der Waals surface area contributed by atoms with Crippen LogP contribution < -0.4 is 4.74 Å². The first-order chi connectivity index (χ1) is 7.26. The number of carbonyl (C=O) groups excluding carboxylic acids is 1. The highest BCUT2D eigenvalue weighted by atomic mass is 127. The molecular weight excluding hydrogens is 303 g/mol. The zero-order valence-corrected chi connectivity index (χ0v) is 10.8. The molecule has 0 amide bonds. The first-order valence-electron chi connectivity index (χ1n) is 5.17. The topological polar surface area (TPSA) is 26.3 Å². The van der Waals surface area contributed by atoms with Crippen LogP contribution in [0.2, 0.25) is 0 Å². The minimum atomic E-state index is 0.597. The molecule has 1 fully saturated rings. The normalized spacial score (nSPS) is 15.1. The van der Waals surface area contributed by atoms with Crippen LogP contribution in [0, 0.1) is 3.57 Å². The zero-order chi connectivity index (χ0) is 10.8. The minimum absolute atomic E-state index is 0.597. The second kappa shape index (κ2) is 4.51. The maximum absolute atomic E-state index is 11.0. The Morgan fingerprint density at radius 2 is 2.27 bits per heavy atom. The van der Waals surface area contributed by atoms with Crippen LogP contribution in [0.15, 0.2) is 12.1 Å². The van der Waals surface area contributed by atoms with Crippen LogP contribution in [0.5, 0.6) is 5.75 Å². The van der Waals surface area contributed by atoms with E-state index in [1.165, 1.54) is 18.4 Å². The van der Waals surface area contributed by atoms with Crippen molar-refractivity contribution in [2.75, 3.05) is 6.61 Å². The summed E-state index contributed by atoms with van der Waals surface area (Å²) >= 11 is 2.24. The summed E-state index contributed by atoms with van der Waals surface area (Å²) in [4.78, 5) is 11.0. The molecule has 0 bridgehead atoms. The quantitative estimate of drug-likeness (QED) is 0.629. The fourth-order valence-electron chi connectivity index (χ4n) is 1.67. The summed E-state index contributed by atoms with van der Waals surface area (Å²) in [5.41, 5.74) is 1.97. The van der Waals surface area contributed by atoms with E-state index in [1.54, 1.807) is 0 Å². The smallest absolute Gasteiger partial charge is 0.153 e. The van der Waals surface area contributed by atoms with Crippen molar-refractivity contribution in [1.82, 2.24) is 0 Å². The molecule has 1 aliphatic carbocycles. The van der Waals surface area contributed by atoms with Gasteiger partial charge in [0.1, 0.15) is 5.75 Å². The average molecular weight is 316 g/mol. The predicted molar refractivity (Wildman–Crippen MR) is 67.7 cm³/mol. The summed E-state index contributed by atoms with van der Waals surface area (Å²) in [6.07, 6.45) is 3.39. The van der Waals surface area contributed by atoms with E-state index < -0.39 is 0 Å². The van der Waals surface area contributed by atoms with E-state index >= 15 is 0 Å². The zero-order valence-electron chi connectivity index (χ0n) is 8.63. The van der Waals surface area contributed by atoms with Crippen molar-refractivity contribution < 1.29 is 9.53 Å². The summed E-state index contributed by atoms with van der Waals surface area (Å²) in [6.45, 7) is 2.53. The lowest BCUT2D eigenvalue weighted by Gasteiger charge is -2.10. The Hall–Kier alpha value is -0.580. The molecule has 0 atom stereocenters. The Balaban J connectivity index is 2.41. The van der Waals surface area contributed by atoms with Crippen molar-refractivity contribution in [2.24, 2.45) is 0 Å². The number of rotatable bonds is 4. The van der Waals surface area contributed by atoms with Gasteiger partial charge in [0.2, 0.25) is 0 Å². The fraction of sp³-hybridized carbons (Fsp3) is 0.417. The molecule has 0 N–H and O–H groups in total. The molecule has 80 valence electrons. The Bertz CT molecular complexity index is 383. The summed E-state index contributed by atoms with van der Waals surface area (Å²) in [5, 5.41) is 0. The highest BCUT2D eigenvalue weighted by molar-refractivity contribution is 14.1. The van der Waals surface area contributed by atoms with E-state index in [4.69, 9.17) is 4.74 Å². The van der Waals surface area contributed by atoms with Gasteiger partial charge in [0, 0.05) is 0 Å². The molecule has 0 radical (unpaired) electrons. The number of ether oxygens (including phenoxy) is 1. The van der Waals surface area contributed by atoms with Crippen molar-refractivity contribution in [2.45, 2.75) is 25.7 Å². The van der Waals surface area contributed by atoms with Crippen LogP contribution >= 0.6 is 22.6 Å². The summed E-state index contributed by atoms with van der Waals surface area (Å²) in [7, 11) is 0. The lowest BCUT2D eigenvalue weighted by Crippen LogP contribution is -1.99. The van der Waals surface area contributed by atoms with E-state index in [2.05, 4.69) is 28.7 Å². The molecular formula is C12H13IO2. The molecule has 15 heavy (non-hydrogen) atoms. The van der Waals surface area contributed by atoms with Gasteiger partial charge in [0.05, 0.1) is 15.7 Å². The summed E-state index contributed by atoms with van der Waals surface area (Å²) in [5.74, 6) is 1.41. The maximum Gasteiger partial charge on any atom is 0.153 e. The second-order valence-electron chi connectivity index (χ2n) is 3.75. The highest BCUT2D eigenvalue weighted by Gasteiger charge is 2.25. The van der Waals surface area contributed by atoms with Crippen LogP contribution in [0.4, 0.5) is 0 Å². The molecule has 1 saturated carbocycles. The van der Waals surface area contributed by atoms with Crippen LogP contribution in [0.25, 0.3) is 0 Å². The van der Waals surface area contributed by atoms with Crippen LogP contribution in [-0.2, 0) is 0 Å². The van der Waals surface area contributed by atoms with Crippen LogP contribution in [-0.4, -0.2) is 12.9 Å². The molecule has 1 aliphatic rings. The molecule has 0 unspecified atom stereocenters. The van der Waals surface area contributed by atoms with Gasteiger partial charge in [-0.2, -0.15) is 0 Å². The fourth-order valence-corrected chi connectivity index (χ4v) is 2.50. The van der Waals surface area contributed by atoms with Crippen molar-refractivity contribution in [3.63, 3.8) is 0 Å². The van der Waals surface area contributed by atoms with Crippen LogP contribution in [0.1, 0.15) is 41.6 Å².